The SMILES string of the molecule is S=C(NCCCc1ccccc1)Nc1nc(N2CCCCC2)cc(N2CCCCC2)n1. The predicted molar refractivity (Wildman–Crippen MR) is 133 cm³/mol. The third-order valence-corrected chi connectivity index (χ3v) is 6.30. The molecule has 0 saturated carbocycles. The maximum Gasteiger partial charge on any atom is 0.232 e. The molecule has 1 aromatic heterocycles. The highest BCUT2D eigenvalue weighted by atomic mass is 32.1. The van der Waals surface area contributed by atoms with E-state index in [-0.39, 0.29) is 0 Å². The van der Waals surface area contributed by atoms with Crippen LogP contribution in [0.2, 0.25) is 0 Å². The molecule has 0 amide bonds. The molecule has 1 aromatic carbocycles. The Bertz CT molecular complexity index is 795. The van der Waals surface area contributed by atoms with Crippen molar-refractivity contribution in [2.45, 2.75) is 51.4 Å². The van der Waals surface area contributed by atoms with Gasteiger partial charge in [0, 0.05) is 38.8 Å². The zero-order chi connectivity index (χ0) is 21.3. The second kappa shape index (κ2) is 11.3. The van der Waals surface area contributed by atoms with E-state index in [1.54, 1.807) is 0 Å². The first-order valence-corrected chi connectivity index (χ1v) is 12.2. The van der Waals surface area contributed by atoms with Gasteiger partial charge >= 0.3 is 0 Å². The van der Waals surface area contributed by atoms with E-state index in [0.29, 0.717) is 11.1 Å². The number of piperidine rings is 2. The number of thiocarbonyl (C=S) groups is 1. The molecule has 2 aliphatic rings. The first-order valence-electron chi connectivity index (χ1n) is 11.8. The minimum Gasteiger partial charge on any atom is -0.362 e. The van der Waals surface area contributed by atoms with E-state index in [2.05, 4.69) is 56.8 Å². The number of aryl methyl sites for hydroxylation is 1. The molecule has 4 rings (SSSR count). The summed E-state index contributed by atoms with van der Waals surface area (Å²) in [5.41, 5.74) is 1.35. The van der Waals surface area contributed by atoms with Gasteiger partial charge < -0.3 is 20.4 Å². The summed E-state index contributed by atoms with van der Waals surface area (Å²) in [6.45, 7) is 5.10. The lowest BCUT2D eigenvalue weighted by Crippen LogP contribution is -2.34. The smallest absolute Gasteiger partial charge is 0.232 e. The van der Waals surface area contributed by atoms with E-state index in [9.17, 15) is 0 Å². The Labute approximate surface area is 191 Å². The Morgan fingerprint density at radius 3 is 2.00 bits per heavy atom. The van der Waals surface area contributed by atoms with E-state index < -0.39 is 0 Å². The van der Waals surface area contributed by atoms with Crippen molar-refractivity contribution in [1.82, 2.24) is 15.3 Å². The normalized spacial score (nSPS) is 16.8. The van der Waals surface area contributed by atoms with Crippen LogP contribution in [0.5, 0.6) is 0 Å². The number of benzene rings is 1. The Kier molecular flexibility index (Phi) is 7.93. The summed E-state index contributed by atoms with van der Waals surface area (Å²) in [5.74, 6) is 2.64. The number of rotatable bonds is 7. The van der Waals surface area contributed by atoms with Crippen molar-refractivity contribution >= 4 is 34.9 Å². The van der Waals surface area contributed by atoms with Crippen LogP contribution < -0.4 is 20.4 Å². The van der Waals surface area contributed by atoms with Crippen molar-refractivity contribution in [2.75, 3.05) is 47.8 Å². The summed E-state index contributed by atoms with van der Waals surface area (Å²) in [6, 6.07) is 12.7. The van der Waals surface area contributed by atoms with Gasteiger partial charge in [0.2, 0.25) is 5.95 Å². The van der Waals surface area contributed by atoms with Gasteiger partial charge in [0.05, 0.1) is 0 Å². The van der Waals surface area contributed by atoms with Crippen molar-refractivity contribution in [3.8, 4) is 0 Å². The molecule has 0 radical (unpaired) electrons. The number of nitrogens with one attached hydrogen (secondary N) is 2. The van der Waals surface area contributed by atoms with Crippen molar-refractivity contribution < 1.29 is 0 Å². The Morgan fingerprint density at radius 2 is 1.42 bits per heavy atom. The fraction of sp³-hybridized carbons (Fsp3) is 0.542. The van der Waals surface area contributed by atoms with Crippen LogP contribution in [0, 0.1) is 0 Å². The van der Waals surface area contributed by atoms with Crippen molar-refractivity contribution in [3.05, 3.63) is 42.0 Å². The number of hydrogen-bond donors (Lipinski definition) is 2. The molecule has 31 heavy (non-hydrogen) atoms. The highest BCUT2D eigenvalue weighted by Gasteiger charge is 2.19. The van der Waals surface area contributed by atoms with Gasteiger partial charge in [-0.15, -0.1) is 0 Å². The lowest BCUT2D eigenvalue weighted by atomic mass is 10.1. The molecule has 6 nitrogen and oxygen atoms in total. The van der Waals surface area contributed by atoms with Gasteiger partial charge in [0.1, 0.15) is 11.6 Å². The monoisotopic (exact) mass is 438 g/mol. The molecule has 2 aromatic rings. The summed E-state index contributed by atoms with van der Waals surface area (Å²) in [7, 11) is 0. The van der Waals surface area contributed by atoms with E-state index in [1.165, 1.54) is 44.1 Å². The fourth-order valence-corrected chi connectivity index (χ4v) is 4.53. The second-order valence-corrected chi connectivity index (χ2v) is 8.88. The lowest BCUT2D eigenvalue weighted by molar-refractivity contribution is 0.567. The van der Waals surface area contributed by atoms with Gasteiger partial charge in [0.15, 0.2) is 5.11 Å². The summed E-state index contributed by atoms with van der Waals surface area (Å²) in [4.78, 5) is 14.4. The highest BCUT2D eigenvalue weighted by Crippen LogP contribution is 2.26. The lowest BCUT2D eigenvalue weighted by Gasteiger charge is -2.31. The maximum absolute atomic E-state index is 5.54. The summed E-state index contributed by atoms with van der Waals surface area (Å²) in [6.07, 6.45) is 9.60. The van der Waals surface area contributed by atoms with Crippen LogP contribution in [-0.4, -0.2) is 47.8 Å². The van der Waals surface area contributed by atoms with Gasteiger partial charge in [-0.25, -0.2) is 0 Å². The first-order chi connectivity index (χ1) is 15.3. The van der Waals surface area contributed by atoms with Crippen LogP contribution in [-0.2, 0) is 6.42 Å². The average molecular weight is 439 g/mol. The quantitative estimate of drug-likeness (QED) is 0.491. The molecule has 3 heterocycles. The fourth-order valence-electron chi connectivity index (χ4n) is 4.33. The van der Waals surface area contributed by atoms with Crippen LogP contribution in [0.15, 0.2) is 36.4 Å². The molecular formula is C24H34N6S. The van der Waals surface area contributed by atoms with Crippen molar-refractivity contribution in [3.63, 3.8) is 0 Å². The summed E-state index contributed by atoms with van der Waals surface area (Å²) < 4.78 is 0. The van der Waals surface area contributed by atoms with E-state index in [0.717, 1.165) is 57.2 Å². The standard InChI is InChI=1S/C24H34N6S/c31-24(25-14-10-13-20-11-4-1-5-12-20)28-23-26-21(29-15-6-2-7-16-29)19-22(27-23)30-17-8-3-9-18-30/h1,4-5,11-12,19H,2-3,6-10,13-18H2,(H2,25,26,27,28,31). The molecule has 2 aliphatic heterocycles. The first kappa shape index (κ1) is 21.8. The minimum absolute atomic E-state index is 0.591. The predicted octanol–water partition coefficient (Wildman–Crippen LogP) is 4.38. The zero-order valence-corrected chi connectivity index (χ0v) is 19.2. The number of nitrogens with zero attached hydrogens (tertiary/aromatic N) is 4. The number of anilines is 3. The molecule has 0 atom stereocenters. The molecule has 2 N–H and O–H groups in total. The number of hydrogen-bond acceptors (Lipinski definition) is 5. The molecule has 7 heteroatoms. The topological polar surface area (TPSA) is 56.3 Å². The Balaban J connectivity index is 1.37. The molecule has 0 aliphatic carbocycles. The van der Waals surface area contributed by atoms with E-state index in [1.807, 2.05) is 0 Å². The number of aromatic nitrogens is 2. The van der Waals surface area contributed by atoms with E-state index >= 15 is 0 Å². The highest BCUT2D eigenvalue weighted by molar-refractivity contribution is 7.80. The summed E-state index contributed by atoms with van der Waals surface area (Å²) >= 11 is 5.54. The molecular weight excluding hydrogens is 404 g/mol. The molecule has 2 fully saturated rings. The van der Waals surface area contributed by atoms with Crippen LogP contribution in [0.3, 0.4) is 0 Å². The third-order valence-electron chi connectivity index (χ3n) is 6.06. The van der Waals surface area contributed by atoms with Gasteiger partial charge in [-0.1, -0.05) is 30.3 Å². The van der Waals surface area contributed by atoms with Gasteiger partial charge in [0.25, 0.3) is 0 Å². The Morgan fingerprint density at radius 1 is 0.839 bits per heavy atom. The molecule has 0 bridgehead atoms. The van der Waals surface area contributed by atoms with Crippen molar-refractivity contribution in [2.24, 2.45) is 0 Å². The Hall–Kier alpha value is -2.41. The molecule has 0 unspecified atom stereocenters. The average Bonchev–Trinajstić information content (AvgIpc) is 2.83. The molecule has 166 valence electrons. The third kappa shape index (κ3) is 6.53. The molecule has 2 saturated heterocycles. The maximum atomic E-state index is 5.54. The van der Waals surface area contributed by atoms with Gasteiger partial charge in [-0.2, -0.15) is 9.97 Å². The van der Waals surface area contributed by atoms with Crippen LogP contribution in [0.25, 0.3) is 0 Å². The van der Waals surface area contributed by atoms with Crippen LogP contribution >= 0.6 is 12.2 Å². The summed E-state index contributed by atoms with van der Waals surface area (Å²) in [5, 5.41) is 7.15. The van der Waals surface area contributed by atoms with E-state index in [4.69, 9.17) is 22.2 Å². The van der Waals surface area contributed by atoms with Crippen molar-refractivity contribution in [1.29, 1.82) is 0 Å². The van der Waals surface area contributed by atoms with Gasteiger partial charge in [-0.05, 0) is 69.1 Å². The minimum atomic E-state index is 0.591. The zero-order valence-electron chi connectivity index (χ0n) is 18.4. The van der Waals surface area contributed by atoms with Gasteiger partial charge in [-0.3, -0.25) is 0 Å². The largest absolute Gasteiger partial charge is 0.362 e. The molecule has 0 spiro atoms. The van der Waals surface area contributed by atoms with Crippen LogP contribution in [0.1, 0.15) is 50.5 Å². The second-order valence-electron chi connectivity index (χ2n) is 8.47. The van der Waals surface area contributed by atoms with Crippen LogP contribution in [0.4, 0.5) is 17.6 Å².